The van der Waals surface area contributed by atoms with Gasteiger partial charge >= 0.3 is 0 Å². The Morgan fingerprint density at radius 1 is 1.42 bits per heavy atom. The first-order chi connectivity index (χ1) is 5.65. The van der Waals surface area contributed by atoms with Crippen molar-refractivity contribution in [2.45, 2.75) is 12.8 Å². The van der Waals surface area contributed by atoms with E-state index in [0.717, 1.165) is 10.9 Å². The third-order valence-corrected chi connectivity index (χ3v) is 2.75. The third kappa shape index (κ3) is 1.91. The Morgan fingerprint density at radius 3 is 2.58 bits per heavy atom. The Labute approximate surface area is 80.0 Å². The van der Waals surface area contributed by atoms with Crippen LogP contribution in [0, 0.1) is 0 Å². The molecule has 66 valence electrons. The summed E-state index contributed by atoms with van der Waals surface area (Å²) in [6.07, 6.45) is 0. The number of alkyl halides is 1. The van der Waals surface area contributed by atoms with E-state index in [9.17, 15) is 5.11 Å². The van der Waals surface area contributed by atoms with Gasteiger partial charge in [0.2, 0.25) is 0 Å². The average Bonchev–Trinajstić information content (AvgIpc) is 2.03. The van der Waals surface area contributed by atoms with Crippen LogP contribution < -0.4 is 0 Å². The monoisotopic (exact) mass is 230 g/mol. The molecule has 12 heavy (non-hydrogen) atoms. The average molecular weight is 231 g/mol. The van der Waals surface area contributed by atoms with Gasteiger partial charge in [0.15, 0.2) is 0 Å². The normalized spacial score (nSPS) is 12.8. The van der Waals surface area contributed by atoms with E-state index in [2.05, 4.69) is 15.9 Å². The molecule has 0 fully saturated rings. The standard InChI is InChI=1S/C9H11BrO2/c1-6(5-10)8-3-2-7(11)4-9(8)12/h2-4,6,11-12H,5H2,1H3. The molecule has 1 aromatic rings. The lowest BCUT2D eigenvalue weighted by molar-refractivity contribution is 0.444. The summed E-state index contributed by atoms with van der Waals surface area (Å²) >= 11 is 3.33. The van der Waals surface area contributed by atoms with Gasteiger partial charge < -0.3 is 10.2 Å². The molecular weight excluding hydrogens is 220 g/mol. The van der Waals surface area contributed by atoms with Gasteiger partial charge in [-0.15, -0.1) is 0 Å². The molecule has 1 rings (SSSR count). The Kier molecular flexibility index (Phi) is 2.98. The van der Waals surface area contributed by atoms with Gasteiger partial charge in [0.1, 0.15) is 11.5 Å². The van der Waals surface area contributed by atoms with Crippen LogP contribution in [0.25, 0.3) is 0 Å². The van der Waals surface area contributed by atoms with Crippen LogP contribution in [0.15, 0.2) is 18.2 Å². The molecule has 3 heteroatoms. The maximum Gasteiger partial charge on any atom is 0.122 e. The van der Waals surface area contributed by atoms with Crippen molar-refractivity contribution < 1.29 is 10.2 Å². The van der Waals surface area contributed by atoms with Crippen LogP contribution in [0.1, 0.15) is 18.4 Å². The fraction of sp³-hybridized carbons (Fsp3) is 0.333. The van der Waals surface area contributed by atoms with Crippen molar-refractivity contribution in [1.82, 2.24) is 0 Å². The van der Waals surface area contributed by atoms with E-state index in [1.807, 2.05) is 6.92 Å². The first kappa shape index (κ1) is 9.39. The zero-order valence-corrected chi connectivity index (χ0v) is 8.37. The highest BCUT2D eigenvalue weighted by atomic mass is 79.9. The van der Waals surface area contributed by atoms with E-state index in [1.54, 1.807) is 12.1 Å². The van der Waals surface area contributed by atoms with Crippen LogP contribution in [0.2, 0.25) is 0 Å². The number of rotatable bonds is 2. The van der Waals surface area contributed by atoms with Crippen LogP contribution in [0.5, 0.6) is 11.5 Å². The minimum Gasteiger partial charge on any atom is -0.508 e. The SMILES string of the molecule is CC(CBr)c1ccc(O)cc1O. The molecule has 0 bridgehead atoms. The Hall–Kier alpha value is -0.700. The summed E-state index contributed by atoms with van der Waals surface area (Å²) in [7, 11) is 0. The van der Waals surface area contributed by atoms with E-state index in [0.29, 0.717) is 0 Å². The fourth-order valence-corrected chi connectivity index (χ4v) is 1.38. The molecule has 0 aliphatic heterocycles. The largest absolute Gasteiger partial charge is 0.508 e. The first-order valence-electron chi connectivity index (χ1n) is 3.73. The van der Waals surface area contributed by atoms with Gasteiger partial charge in [-0.25, -0.2) is 0 Å². The summed E-state index contributed by atoms with van der Waals surface area (Å²) in [4.78, 5) is 0. The highest BCUT2D eigenvalue weighted by molar-refractivity contribution is 9.09. The Balaban J connectivity index is 3.01. The van der Waals surface area contributed by atoms with Crippen molar-refractivity contribution in [2.75, 3.05) is 5.33 Å². The van der Waals surface area contributed by atoms with Gasteiger partial charge in [-0.2, -0.15) is 0 Å². The second kappa shape index (κ2) is 3.81. The third-order valence-electron chi connectivity index (χ3n) is 1.78. The topological polar surface area (TPSA) is 40.5 Å². The number of hydrogen-bond donors (Lipinski definition) is 2. The van der Waals surface area contributed by atoms with Gasteiger partial charge in [0, 0.05) is 11.4 Å². The zero-order valence-electron chi connectivity index (χ0n) is 6.79. The molecule has 0 amide bonds. The van der Waals surface area contributed by atoms with Crippen LogP contribution in [0.3, 0.4) is 0 Å². The quantitative estimate of drug-likeness (QED) is 0.768. The number of aromatic hydroxyl groups is 2. The molecular formula is C9H11BrO2. The summed E-state index contributed by atoms with van der Waals surface area (Å²) in [5.41, 5.74) is 0.852. The van der Waals surface area contributed by atoms with Crippen molar-refractivity contribution in [3.8, 4) is 11.5 Å². The predicted octanol–water partition coefficient (Wildman–Crippen LogP) is 2.60. The minimum atomic E-state index is 0.0954. The number of benzene rings is 1. The molecule has 0 radical (unpaired) electrons. The fourth-order valence-electron chi connectivity index (χ4n) is 1.03. The van der Waals surface area contributed by atoms with Crippen molar-refractivity contribution >= 4 is 15.9 Å². The van der Waals surface area contributed by atoms with E-state index in [4.69, 9.17) is 5.11 Å². The Morgan fingerprint density at radius 2 is 2.08 bits per heavy atom. The van der Waals surface area contributed by atoms with Gasteiger partial charge in [-0.1, -0.05) is 28.9 Å². The lowest BCUT2D eigenvalue weighted by Gasteiger charge is -2.09. The minimum absolute atomic E-state index is 0.0954. The maximum absolute atomic E-state index is 9.41. The molecule has 0 spiro atoms. The zero-order chi connectivity index (χ0) is 9.14. The number of hydrogen-bond acceptors (Lipinski definition) is 2. The van der Waals surface area contributed by atoms with Crippen molar-refractivity contribution in [3.05, 3.63) is 23.8 Å². The summed E-state index contributed by atoms with van der Waals surface area (Å²) in [6.45, 7) is 2.00. The van der Waals surface area contributed by atoms with Gasteiger partial charge in [0.25, 0.3) is 0 Å². The van der Waals surface area contributed by atoms with E-state index < -0.39 is 0 Å². The predicted molar refractivity (Wildman–Crippen MR) is 52.0 cm³/mol. The van der Waals surface area contributed by atoms with E-state index in [-0.39, 0.29) is 17.4 Å². The molecule has 0 aliphatic carbocycles. The lowest BCUT2D eigenvalue weighted by atomic mass is 10.0. The molecule has 0 aromatic heterocycles. The summed E-state index contributed by atoms with van der Waals surface area (Å²) in [5, 5.41) is 19.2. The van der Waals surface area contributed by atoms with Crippen molar-refractivity contribution in [1.29, 1.82) is 0 Å². The summed E-state index contributed by atoms with van der Waals surface area (Å²) in [5.74, 6) is 0.505. The van der Waals surface area contributed by atoms with Crippen LogP contribution in [-0.2, 0) is 0 Å². The molecule has 0 saturated carbocycles. The van der Waals surface area contributed by atoms with Crippen LogP contribution >= 0.6 is 15.9 Å². The first-order valence-corrected chi connectivity index (χ1v) is 4.85. The second-order valence-electron chi connectivity index (χ2n) is 2.80. The number of phenols is 2. The molecule has 0 heterocycles. The van der Waals surface area contributed by atoms with Crippen molar-refractivity contribution in [3.63, 3.8) is 0 Å². The van der Waals surface area contributed by atoms with E-state index >= 15 is 0 Å². The van der Waals surface area contributed by atoms with Gasteiger partial charge in [0.05, 0.1) is 0 Å². The molecule has 2 N–H and O–H groups in total. The molecule has 1 atom stereocenters. The smallest absolute Gasteiger partial charge is 0.122 e. The number of phenolic OH excluding ortho intramolecular Hbond substituents is 2. The second-order valence-corrected chi connectivity index (χ2v) is 3.45. The molecule has 0 saturated heterocycles. The Bertz CT molecular complexity index is 273. The molecule has 0 aliphatic rings. The lowest BCUT2D eigenvalue weighted by Crippen LogP contribution is -1.94. The summed E-state index contributed by atoms with van der Waals surface area (Å²) < 4.78 is 0. The van der Waals surface area contributed by atoms with Gasteiger partial charge in [-0.3, -0.25) is 0 Å². The highest BCUT2D eigenvalue weighted by Gasteiger charge is 2.08. The van der Waals surface area contributed by atoms with Gasteiger partial charge in [-0.05, 0) is 17.5 Å². The molecule has 1 aromatic carbocycles. The molecule has 1 unspecified atom stereocenters. The van der Waals surface area contributed by atoms with Crippen LogP contribution in [-0.4, -0.2) is 15.5 Å². The highest BCUT2D eigenvalue weighted by Crippen LogP contribution is 2.29. The maximum atomic E-state index is 9.41. The van der Waals surface area contributed by atoms with Crippen molar-refractivity contribution in [2.24, 2.45) is 0 Å². The summed E-state index contributed by atoms with van der Waals surface area (Å²) in [6, 6.07) is 4.67. The number of halogens is 1. The van der Waals surface area contributed by atoms with Crippen LogP contribution in [0.4, 0.5) is 0 Å². The van der Waals surface area contributed by atoms with E-state index in [1.165, 1.54) is 6.07 Å². The molecule has 2 nitrogen and oxygen atoms in total.